The number of thiophene rings is 1. The van der Waals surface area contributed by atoms with Crippen LogP contribution in [-0.2, 0) is 20.9 Å². The number of anilines is 1. The molecule has 164 valence electrons. The Balaban J connectivity index is 1.37. The third-order valence-electron chi connectivity index (χ3n) is 5.40. The second-order valence-electron chi connectivity index (χ2n) is 7.53. The average Bonchev–Trinajstić information content (AvgIpc) is 3.32. The van der Waals surface area contributed by atoms with Gasteiger partial charge in [-0.25, -0.2) is 0 Å². The zero-order valence-electron chi connectivity index (χ0n) is 17.0. The molecule has 1 aromatic carbocycles. The molecule has 2 saturated heterocycles. The summed E-state index contributed by atoms with van der Waals surface area (Å²) in [5.74, 6) is -0.484. The van der Waals surface area contributed by atoms with Crippen LogP contribution in [0, 0.1) is 0 Å². The Morgan fingerprint density at radius 2 is 2.00 bits per heavy atom. The second-order valence-corrected chi connectivity index (χ2v) is 9.24. The number of ether oxygens (including phenoxy) is 1. The van der Waals surface area contributed by atoms with Gasteiger partial charge < -0.3 is 25.2 Å². The van der Waals surface area contributed by atoms with E-state index in [-0.39, 0.29) is 30.4 Å². The van der Waals surface area contributed by atoms with E-state index >= 15 is 0 Å². The van der Waals surface area contributed by atoms with E-state index < -0.39 is 6.04 Å². The summed E-state index contributed by atoms with van der Waals surface area (Å²) in [4.78, 5) is 40.8. The molecule has 3 heterocycles. The van der Waals surface area contributed by atoms with Crippen molar-refractivity contribution in [1.29, 1.82) is 0 Å². The molecule has 0 bridgehead atoms. The summed E-state index contributed by atoms with van der Waals surface area (Å²) in [7, 11) is 1.72. The van der Waals surface area contributed by atoms with Gasteiger partial charge in [-0.3, -0.25) is 14.4 Å². The molecule has 0 spiro atoms. The number of morpholine rings is 1. The van der Waals surface area contributed by atoms with Crippen molar-refractivity contribution in [3.8, 4) is 0 Å². The Kier molecular flexibility index (Phi) is 6.57. The summed E-state index contributed by atoms with van der Waals surface area (Å²) in [5.41, 5.74) is 1.86. The summed E-state index contributed by atoms with van der Waals surface area (Å²) in [6.07, 6.45) is 0. The minimum Gasteiger partial charge on any atom is -0.370 e. The molecule has 2 atom stereocenters. The highest BCUT2D eigenvalue weighted by molar-refractivity contribution is 7.18. The molecule has 0 radical (unpaired) electrons. The van der Waals surface area contributed by atoms with Crippen LogP contribution in [0.4, 0.5) is 5.69 Å². The first-order chi connectivity index (χ1) is 14.9. The molecule has 1 aromatic heterocycles. The number of carbonyl (C=O) groups is 3. The average molecular weight is 463 g/mol. The lowest BCUT2D eigenvalue weighted by atomic mass is 10.1. The lowest BCUT2D eigenvalue weighted by molar-refractivity contribution is -0.128. The molecule has 31 heavy (non-hydrogen) atoms. The van der Waals surface area contributed by atoms with Crippen LogP contribution >= 0.6 is 22.9 Å². The summed E-state index contributed by atoms with van der Waals surface area (Å²) < 4.78 is 5.69. The molecule has 10 heteroatoms. The van der Waals surface area contributed by atoms with Gasteiger partial charge in [-0.15, -0.1) is 11.3 Å². The van der Waals surface area contributed by atoms with Gasteiger partial charge in [0, 0.05) is 32.4 Å². The van der Waals surface area contributed by atoms with Crippen LogP contribution in [0.25, 0.3) is 0 Å². The highest BCUT2D eigenvalue weighted by Gasteiger charge is 2.39. The molecule has 2 aromatic rings. The van der Waals surface area contributed by atoms with E-state index in [1.54, 1.807) is 29.0 Å². The normalized spacial score (nSPS) is 21.6. The number of likely N-dealkylation sites (N-methyl/N-ethyl adjacent to an activating group) is 1. The lowest BCUT2D eigenvalue weighted by Crippen LogP contribution is -2.50. The maximum atomic E-state index is 12.6. The van der Waals surface area contributed by atoms with Crippen molar-refractivity contribution in [2.45, 2.75) is 18.6 Å². The number of nitrogens with zero attached hydrogens (tertiary/aromatic N) is 2. The number of carbonyl (C=O) groups excluding carboxylic acids is 3. The van der Waals surface area contributed by atoms with Crippen molar-refractivity contribution in [2.75, 3.05) is 38.3 Å². The maximum absolute atomic E-state index is 12.6. The molecule has 0 saturated carbocycles. The van der Waals surface area contributed by atoms with Crippen LogP contribution in [0.3, 0.4) is 0 Å². The molecule has 0 aliphatic carbocycles. The van der Waals surface area contributed by atoms with Gasteiger partial charge in [0.15, 0.2) is 0 Å². The molecule has 2 N–H and O–H groups in total. The number of halogens is 1. The Morgan fingerprint density at radius 1 is 1.23 bits per heavy atom. The predicted molar refractivity (Wildman–Crippen MR) is 118 cm³/mol. The number of benzene rings is 1. The maximum Gasteiger partial charge on any atom is 0.262 e. The largest absolute Gasteiger partial charge is 0.370 e. The molecule has 2 aliphatic rings. The first-order valence-electron chi connectivity index (χ1n) is 9.94. The van der Waals surface area contributed by atoms with Gasteiger partial charge in [-0.05, 0) is 29.8 Å². The molecular formula is C21H23ClN4O4S. The zero-order chi connectivity index (χ0) is 22.0. The topological polar surface area (TPSA) is 91.0 Å². The highest BCUT2D eigenvalue weighted by atomic mass is 35.5. The summed E-state index contributed by atoms with van der Waals surface area (Å²) in [6.45, 7) is 2.21. The SMILES string of the molecule is CN1C[C@H](NCc2ccc(N3CCOCC3=O)cc2)[C@H](NC(=O)c2ccc(Cl)s2)C1=O. The molecule has 2 fully saturated rings. The Labute approximate surface area is 189 Å². The molecular weight excluding hydrogens is 440 g/mol. The van der Waals surface area contributed by atoms with Gasteiger partial charge in [0.2, 0.25) is 5.91 Å². The molecule has 3 amide bonds. The van der Waals surface area contributed by atoms with Crippen molar-refractivity contribution in [3.63, 3.8) is 0 Å². The second kappa shape index (κ2) is 9.35. The monoisotopic (exact) mass is 462 g/mol. The fraction of sp³-hybridized carbons (Fsp3) is 0.381. The van der Waals surface area contributed by atoms with E-state index in [9.17, 15) is 14.4 Å². The van der Waals surface area contributed by atoms with Crippen LogP contribution in [0.15, 0.2) is 36.4 Å². The van der Waals surface area contributed by atoms with Gasteiger partial charge in [-0.1, -0.05) is 23.7 Å². The standard InChI is InChI=1S/C21H23ClN4O4S/c1-25-11-15(19(21(25)29)24-20(28)16-6-7-17(22)31-16)23-10-13-2-4-14(5-3-13)26-8-9-30-12-18(26)27/h2-7,15,19,23H,8-12H2,1H3,(H,24,28)/t15-,19-/m0/s1. The molecule has 2 aliphatic heterocycles. The van der Waals surface area contributed by atoms with Gasteiger partial charge in [-0.2, -0.15) is 0 Å². The predicted octanol–water partition coefficient (Wildman–Crippen LogP) is 1.49. The van der Waals surface area contributed by atoms with Crippen LogP contribution < -0.4 is 15.5 Å². The third-order valence-corrected chi connectivity index (χ3v) is 6.63. The molecule has 8 nitrogen and oxygen atoms in total. The zero-order valence-corrected chi connectivity index (χ0v) is 18.5. The van der Waals surface area contributed by atoms with Gasteiger partial charge in [0.05, 0.1) is 21.9 Å². The van der Waals surface area contributed by atoms with E-state index in [4.69, 9.17) is 16.3 Å². The minimum atomic E-state index is -0.649. The van der Waals surface area contributed by atoms with Crippen molar-refractivity contribution in [1.82, 2.24) is 15.5 Å². The van der Waals surface area contributed by atoms with E-state index in [2.05, 4.69) is 10.6 Å². The summed E-state index contributed by atoms with van der Waals surface area (Å²) in [6, 6.07) is 10.2. The van der Waals surface area contributed by atoms with Gasteiger partial charge >= 0.3 is 0 Å². The number of hydrogen-bond donors (Lipinski definition) is 2. The van der Waals surface area contributed by atoms with Crippen LogP contribution in [0.2, 0.25) is 4.34 Å². The van der Waals surface area contributed by atoms with E-state index in [0.717, 1.165) is 11.3 Å². The highest BCUT2D eigenvalue weighted by Crippen LogP contribution is 2.22. The van der Waals surface area contributed by atoms with Crippen LogP contribution in [0.5, 0.6) is 0 Å². The van der Waals surface area contributed by atoms with Crippen LogP contribution in [0.1, 0.15) is 15.2 Å². The summed E-state index contributed by atoms with van der Waals surface area (Å²) in [5, 5.41) is 6.21. The van der Waals surface area contributed by atoms with Crippen molar-refractivity contribution in [2.24, 2.45) is 0 Å². The number of likely N-dealkylation sites (tertiary alicyclic amines) is 1. The minimum absolute atomic E-state index is 0.0461. The van der Waals surface area contributed by atoms with Crippen molar-refractivity contribution in [3.05, 3.63) is 51.2 Å². The van der Waals surface area contributed by atoms with E-state index in [1.807, 2.05) is 24.3 Å². The van der Waals surface area contributed by atoms with E-state index in [0.29, 0.717) is 35.5 Å². The van der Waals surface area contributed by atoms with E-state index in [1.165, 1.54) is 11.3 Å². The fourth-order valence-corrected chi connectivity index (χ4v) is 4.67. The van der Waals surface area contributed by atoms with Gasteiger partial charge in [0.1, 0.15) is 12.6 Å². The molecule has 4 rings (SSSR count). The number of hydrogen-bond acceptors (Lipinski definition) is 6. The number of amides is 3. The fourth-order valence-electron chi connectivity index (χ4n) is 3.73. The lowest BCUT2D eigenvalue weighted by Gasteiger charge is -2.27. The van der Waals surface area contributed by atoms with Crippen LogP contribution in [-0.4, -0.2) is 68.1 Å². The Bertz CT molecular complexity index is 980. The Hall–Kier alpha value is -2.46. The number of rotatable bonds is 6. The van der Waals surface area contributed by atoms with Crippen molar-refractivity contribution >= 4 is 46.3 Å². The quantitative estimate of drug-likeness (QED) is 0.678. The number of nitrogens with one attached hydrogen (secondary N) is 2. The molecule has 0 unspecified atom stereocenters. The van der Waals surface area contributed by atoms with Crippen molar-refractivity contribution < 1.29 is 19.1 Å². The first-order valence-corrected chi connectivity index (χ1v) is 11.1. The summed E-state index contributed by atoms with van der Waals surface area (Å²) >= 11 is 7.09. The smallest absolute Gasteiger partial charge is 0.262 e. The third kappa shape index (κ3) is 4.90. The Morgan fingerprint density at radius 3 is 2.68 bits per heavy atom. The first kappa shape index (κ1) is 21.8. The van der Waals surface area contributed by atoms with Gasteiger partial charge in [0.25, 0.3) is 11.8 Å².